The van der Waals surface area contributed by atoms with Crippen molar-refractivity contribution in [3.8, 4) is 11.5 Å². The molecular formula is C19H26N2O6S. The van der Waals surface area contributed by atoms with Crippen molar-refractivity contribution in [2.75, 3.05) is 21.3 Å². The maximum Gasteiger partial charge on any atom is 0.289 e. The molecule has 0 fully saturated rings. The maximum absolute atomic E-state index is 12.6. The summed E-state index contributed by atoms with van der Waals surface area (Å²) in [7, 11) is 0.829. The number of hydrogen-bond acceptors (Lipinski definition) is 6. The van der Waals surface area contributed by atoms with Gasteiger partial charge in [-0.2, -0.15) is 0 Å². The van der Waals surface area contributed by atoms with Crippen molar-refractivity contribution in [3.05, 3.63) is 41.7 Å². The Balaban J connectivity index is 2.18. The van der Waals surface area contributed by atoms with Crippen molar-refractivity contribution >= 4 is 15.9 Å². The molecule has 1 amide bonds. The molecule has 0 aliphatic heterocycles. The highest BCUT2D eigenvalue weighted by atomic mass is 32.2. The molecule has 0 saturated heterocycles. The maximum atomic E-state index is 12.6. The van der Waals surface area contributed by atoms with Crippen LogP contribution in [0.1, 0.15) is 36.9 Å². The number of carbonyl (C=O) groups excluding carboxylic acids is 1. The molecule has 1 N–H and O–H groups in total. The minimum absolute atomic E-state index is 0.0655. The second-order valence-electron chi connectivity index (χ2n) is 7.31. The van der Waals surface area contributed by atoms with Gasteiger partial charge < -0.3 is 18.8 Å². The minimum atomic E-state index is -3.85. The minimum Gasteiger partial charge on any atom is -0.497 e. The van der Waals surface area contributed by atoms with Crippen LogP contribution in [0.15, 0.2) is 39.8 Å². The molecule has 8 nitrogen and oxygen atoms in total. The fraction of sp³-hybridized carbons (Fsp3) is 0.421. The molecule has 1 aromatic heterocycles. The molecule has 154 valence electrons. The summed E-state index contributed by atoms with van der Waals surface area (Å²) in [6.45, 7) is 5.40. The molecule has 2 aromatic rings. The number of ether oxygens (including phenoxy) is 2. The first-order chi connectivity index (χ1) is 13.0. The van der Waals surface area contributed by atoms with Crippen LogP contribution in [0.4, 0.5) is 0 Å². The molecule has 0 atom stereocenters. The van der Waals surface area contributed by atoms with E-state index in [1.54, 1.807) is 53.1 Å². The second-order valence-corrected chi connectivity index (χ2v) is 8.93. The number of furan rings is 1. The SMILES string of the molecule is COc1ccc(CN(C)C(=O)c2ccc(S(=O)(=O)NC(C)(C)C)o2)c(OC)c1. The van der Waals surface area contributed by atoms with Crippen LogP contribution in [-0.2, 0) is 16.6 Å². The standard InChI is InChI=1S/C19H26N2O6S/c1-19(2,3)20-28(23,24)17-10-9-15(27-17)18(22)21(4)12-13-7-8-14(25-5)11-16(13)26-6/h7-11,20H,12H2,1-6H3. The first kappa shape index (κ1) is 21.8. The fourth-order valence-electron chi connectivity index (χ4n) is 2.53. The molecule has 0 saturated carbocycles. The van der Waals surface area contributed by atoms with E-state index < -0.39 is 21.5 Å². The molecule has 9 heteroatoms. The van der Waals surface area contributed by atoms with E-state index >= 15 is 0 Å². The summed E-state index contributed by atoms with van der Waals surface area (Å²) in [6.07, 6.45) is 0. The van der Waals surface area contributed by atoms with Crippen molar-refractivity contribution in [2.24, 2.45) is 0 Å². The number of methoxy groups -OCH3 is 2. The summed E-state index contributed by atoms with van der Waals surface area (Å²) >= 11 is 0. The van der Waals surface area contributed by atoms with Gasteiger partial charge in [0.15, 0.2) is 5.76 Å². The average molecular weight is 410 g/mol. The molecule has 0 bridgehead atoms. The van der Waals surface area contributed by atoms with E-state index in [0.717, 1.165) is 5.56 Å². The number of amides is 1. The van der Waals surface area contributed by atoms with Gasteiger partial charge in [-0.15, -0.1) is 0 Å². The van der Waals surface area contributed by atoms with Crippen molar-refractivity contribution in [1.29, 1.82) is 0 Å². The summed E-state index contributed by atoms with van der Waals surface area (Å²) < 4.78 is 43.0. The van der Waals surface area contributed by atoms with Crippen molar-refractivity contribution < 1.29 is 27.1 Å². The molecule has 1 aromatic carbocycles. The largest absolute Gasteiger partial charge is 0.497 e. The van der Waals surface area contributed by atoms with Crippen LogP contribution in [0.25, 0.3) is 0 Å². The Morgan fingerprint density at radius 2 is 1.82 bits per heavy atom. The average Bonchev–Trinajstić information content (AvgIpc) is 3.10. The summed E-state index contributed by atoms with van der Waals surface area (Å²) in [5.74, 6) is 0.706. The number of hydrogen-bond donors (Lipinski definition) is 1. The van der Waals surface area contributed by atoms with Crippen LogP contribution in [0.3, 0.4) is 0 Å². The van der Waals surface area contributed by atoms with Gasteiger partial charge in [0.2, 0.25) is 5.09 Å². The number of nitrogens with one attached hydrogen (secondary N) is 1. The van der Waals surface area contributed by atoms with E-state index in [1.807, 2.05) is 0 Å². The number of nitrogens with zero attached hydrogens (tertiary/aromatic N) is 1. The Bertz CT molecular complexity index is 944. The van der Waals surface area contributed by atoms with Gasteiger partial charge in [-0.1, -0.05) is 0 Å². The lowest BCUT2D eigenvalue weighted by Crippen LogP contribution is -2.40. The number of carbonyl (C=O) groups is 1. The van der Waals surface area contributed by atoms with Gasteiger partial charge in [0.25, 0.3) is 15.9 Å². The van der Waals surface area contributed by atoms with E-state index in [9.17, 15) is 13.2 Å². The van der Waals surface area contributed by atoms with Crippen molar-refractivity contribution in [1.82, 2.24) is 9.62 Å². The van der Waals surface area contributed by atoms with E-state index in [-0.39, 0.29) is 17.4 Å². The van der Waals surface area contributed by atoms with Gasteiger partial charge >= 0.3 is 0 Å². The molecule has 0 aliphatic rings. The summed E-state index contributed by atoms with van der Waals surface area (Å²) in [5, 5.41) is -0.304. The lowest BCUT2D eigenvalue weighted by molar-refractivity contribution is 0.0746. The molecule has 1 heterocycles. The second kappa shape index (κ2) is 8.24. The first-order valence-electron chi connectivity index (χ1n) is 8.57. The highest BCUT2D eigenvalue weighted by Gasteiger charge is 2.27. The van der Waals surface area contributed by atoms with Crippen LogP contribution >= 0.6 is 0 Å². The molecule has 0 radical (unpaired) electrons. The third-order valence-corrected chi connectivity index (χ3v) is 5.38. The third kappa shape index (κ3) is 5.26. The van der Waals surface area contributed by atoms with Gasteiger partial charge in [0.05, 0.1) is 14.2 Å². The number of rotatable bonds is 7. The topological polar surface area (TPSA) is 98.1 Å². The zero-order valence-corrected chi connectivity index (χ0v) is 17.7. The third-order valence-electron chi connectivity index (χ3n) is 3.75. The van der Waals surface area contributed by atoms with Crippen molar-refractivity contribution in [2.45, 2.75) is 37.9 Å². The number of benzene rings is 1. The van der Waals surface area contributed by atoms with Crippen LogP contribution in [0.2, 0.25) is 0 Å². The Morgan fingerprint density at radius 3 is 2.39 bits per heavy atom. The van der Waals surface area contributed by atoms with E-state index in [2.05, 4.69) is 4.72 Å². The Morgan fingerprint density at radius 1 is 1.14 bits per heavy atom. The number of sulfonamides is 1. The Labute approximate surface area is 165 Å². The molecule has 28 heavy (non-hydrogen) atoms. The molecule has 0 aliphatic carbocycles. The lowest BCUT2D eigenvalue weighted by atomic mass is 10.1. The van der Waals surface area contributed by atoms with Gasteiger partial charge in [0.1, 0.15) is 11.5 Å². The molecule has 2 rings (SSSR count). The van der Waals surface area contributed by atoms with Gasteiger partial charge in [-0.25, -0.2) is 13.1 Å². The highest BCUT2D eigenvalue weighted by molar-refractivity contribution is 7.89. The monoisotopic (exact) mass is 410 g/mol. The van der Waals surface area contributed by atoms with E-state index in [1.165, 1.54) is 24.1 Å². The van der Waals surface area contributed by atoms with Crippen LogP contribution in [0, 0.1) is 0 Å². The van der Waals surface area contributed by atoms with E-state index in [4.69, 9.17) is 13.9 Å². The normalized spacial score (nSPS) is 11.9. The molecular weight excluding hydrogens is 384 g/mol. The van der Waals surface area contributed by atoms with Crippen LogP contribution in [0.5, 0.6) is 11.5 Å². The smallest absolute Gasteiger partial charge is 0.289 e. The predicted molar refractivity (Wildman–Crippen MR) is 104 cm³/mol. The van der Waals surface area contributed by atoms with Gasteiger partial charge in [0, 0.05) is 30.8 Å². The summed E-state index contributed by atoms with van der Waals surface area (Å²) in [5.41, 5.74) is 0.102. The predicted octanol–water partition coefficient (Wildman–Crippen LogP) is 2.65. The molecule has 0 unspecified atom stereocenters. The Kier molecular flexibility index (Phi) is 6.41. The van der Waals surface area contributed by atoms with E-state index in [0.29, 0.717) is 11.5 Å². The lowest BCUT2D eigenvalue weighted by Gasteiger charge is -2.19. The summed E-state index contributed by atoms with van der Waals surface area (Å²) in [4.78, 5) is 14.1. The highest BCUT2D eigenvalue weighted by Crippen LogP contribution is 2.26. The molecule has 0 spiro atoms. The van der Waals surface area contributed by atoms with Gasteiger partial charge in [-0.05, 0) is 45.0 Å². The van der Waals surface area contributed by atoms with Crippen LogP contribution in [-0.4, -0.2) is 46.0 Å². The summed E-state index contributed by atoms with van der Waals surface area (Å²) in [6, 6.07) is 7.91. The van der Waals surface area contributed by atoms with Crippen LogP contribution < -0.4 is 14.2 Å². The first-order valence-corrected chi connectivity index (χ1v) is 10.1. The van der Waals surface area contributed by atoms with Crippen molar-refractivity contribution in [3.63, 3.8) is 0 Å². The van der Waals surface area contributed by atoms with Gasteiger partial charge in [-0.3, -0.25) is 4.79 Å². The zero-order chi connectivity index (χ0) is 21.1. The fourth-order valence-corrected chi connectivity index (χ4v) is 3.88. The quantitative estimate of drug-likeness (QED) is 0.754. The zero-order valence-electron chi connectivity index (χ0n) is 16.9. The Hall–Kier alpha value is -2.52.